The second-order valence-electron chi connectivity index (χ2n) is 5.44. The number of hydrogen-bond donors (Lipinski definition) is 1. The van der Waals surface area contributed by atoms with Crippen LogP contribution in [0.5, 0.6) is 0 Å². The molecule has 8 heteroatoms. The third-order valence-electron chi connectivity index (χ3n) is 3.45. The second kappa shape index (κ2) is 6.29. The van der Waals surface area contributed by atoms with Gasteiger partial charge in [0.25, 0.3) is 5.91 Å². The van der Waals surface area contributed by atoms with Gasteiger partial charge in [-0.15, -0.1) is 0 Å². The van der Waals surface area contributed by atoms with Crippen molar-refractivity contribution >= 4 is 38.1 Å². The normalized spacial score (nSPS) is 11.3. The van der Waals surface area contributed by atoms with Crippen LogP contribution in [0.3, 0.4) is 0 Å². The fraction of sp³-hybridized carbons (Fsp3) is 0.333. The number of carbonyl (C=O) groups excluding carboxylic acids is 1. The molecular formula is C15H19N3O3S2. The predicted octanol–water partition coefficient (Wildman–Crippen LogP) is 2.72. The molecule has 23 heavy (non-hydrogen) atoms. The van der Waals surface area contributed by atoms with Gasteiger partial charge in [-0.1, -0.05) is 17.4 Å². The summed E-state index contributed by atoms with van der Waals surface area (Å²) in [5.74, 6) is -0.218. The summed E-state index contributed by atoms with van der Waals surface area (Å²) < 4.78 is 24.9. The van der Waals surface area contributed by atoms with Crippen molar-refractivity contribution in [1.82, 2.24) is 4.98 Å². The molecule has 1 N–H and O–H groups in total. The second-order valence-corrected chi connectivity index (χ2v) is 8.19. The molecule has 1 amide bonds. The highest BCUT2D eigenvalue weighted by molar-refractivity contribution is 7.92. The lowest BCUT2D eigenvalue weighted by Gasteiger charge is -2.18. The number of thiazole rings is 1. The molecule has 0 saturated carbocycles. The smallest absolute Gasteiger partial charge is 0.270 e. The number of aromatic nitrogens is 1. The summed E-state index contributed by atoms with van der Waals surface area (Å²) in [4.78, 5) is 18.7. The van der Waals surface area contributed by atoms with E-state index in [0.717, 1.165) is 34.4 Å². The summed E-state index contributed by atoms with van der Waals surface area (Å²) in [7, 11) is -1.73. The van der Waals surface area contributed by atoms with Crippen molar-refractivity contribution in [2.45, 2.75) is 20.8 Å². The molecule has 1 aromatic carbocycles. The van der Waals surface area contributed by atoms with Crippen LogP contribution in [0.4, 0.5) is 10.8 Å². The maximum Gasteiger partial charge on any atom is 0.270 e. The SMILES string of the molecule is Cc1ccc(N(C)C(=O)c2sc(NS(C)(=O)=O)nc2C)cc1C. The van der Waals surface area contributed by atoms with Crippen LogP contribution >= 0.6 is 11.3 Å². The first kappa shape index (κ1) is 17.4. The van der Waals surface area contributed by atoms with Crippen molar-refractivity contribution in [2.75, 3.05) is 22.9 Å². The summed E-state index contributed by atoms with van der Waals surface area (Å²) in [6.45, 7) is 5.69. The van der Waals surface area contributed by atoms with Gasteiger partial charge in [0.1, 0.15) is 4.88 Å². The average molecular weight is 353 g/mol. The largest absolute Gasteiger partial charge is 0.311 e. The molecule has 0 aliphatic rings. The molecule has 0 unspecified atom stereocenters. The average Bonchev–Trinajstić information content (AvgIpc) is 2.78. The molecule has 0 radical (unpaired) electrons. The number of nitrogens with one attached hydrogen (secondary N) is 1. The van der Waals surface area contributed by atoms with Crippen molar-refractivity contribution in [3.8, 4) is 0 Å². The quantitative estimate of drug-likeness (QED) is 0.916. The molecule has 6 nitrogen and oxygen atoms in total. The fourth-order valence-electron chi connectivity index (χ4n) is 2.00. The number of anilines is 2. The van der Waals surface area contributed by atoms with Crippen molar-refractivity contribution in [2.24, 2.45) is 0 Å². The van der Waals surface area contributed by atoms with Crippen molar-refractivity contribution in [1.29, 1.82) is 0 Å². The third kappa shape index (κ3) is 4.08. The Morgan fingerprint density at radius 2 is 1.87 bits per heavy atom. The van der Waals surface area contributed by atoms with Gasteiger partial charge in [-0.25, -0.2) is 13.4 Å². The number of benzene rings is 1. The number of hydrogen-bond acceptors (Lipinski definition) is 5. The molecule has 124 valence electrons. The van der Waals surface area contributed by atoms with Crippen LogP contribution in [0.15, 0.2) is 18.2 Å². The highest BCUT2D eigenvalue weighted by Gasteiger charge is 2.21. The molecule has 0 saturated heterocycles. The third-order valence-corrected chi connectivity index (χ3v) is 5.20. The first-order valence-electron chi connectivity index (χ1n) is 6.89. The maximum atomic E-state index is 12.7. The van der Waals surface area contributed by atoms with Crippen LogP contribution in [-0.4, -0.2) is 32.6 Å². The number of aryl methyl sites for hydroxylation is 3. The molecule has 1 aromatic heterocycles. The van der Waals surface area contributed by atoms with E-state index in [-0.39, 0.29) is 11.0 Å². The summed E-state index contributed by atoms with van der Waals surface area (Å²) >= 11 is 1.03. The molecule has 0 atom stereocenters. The molecule has 0 bridgehead atoms. The topological polar surface area (TPSA) is 79.4 Å². The first-order valence-corrected chi connectivity index (χ1v) is 9.60. The minimum absolute atomic E-state index is 0.196. The monoisotopic (exact) mass is 353 g/mol. The summed E-state index contributed by atoms with van der Waals surface area (Å²) in [5.41, 5.74) is 3.54. The standard InChI is InChI=1S/C15H19N3O3S2/c1-9-6-7-12(8-10(9)2)18(4)14(19)13-11(3)16-15(22-13)17-23(5,20)21/h6-8H,1-5H3,(H,16,17). The molecule has 2 rings (SSSR count). The molecule has 2 aromatic rings. The van der Waals surface area contributed by atoms with E-state index in [2.05, 4.69) is 9.71 Å². The van der Waals surface area contributed by atoms with E-state index in [1.807, 2.05) is 32.0 Å². The number of carbonyl (C=O) groups is 1. The highest BCUT2D eigenvalue weighted by Crippen LogP contribution is 2.27. The zero-order valence-electron chi connectivity index (χ0n) is 13.7. The van der Waals surface area contributed by atoms with Gasteiger partial charge < -0.3 is 4.90 Å². The Labute approximate surface area is 140 Å². The van der Waals surface area contributed by atoms with Gasteiger partial charge >= 0.3 is 0 Å². The zero-order valence-corrected chi connectivity index (χ0v) is 15.3. The van der Waals surface area contributed by atoms with E-state index >= 15 is 0 Å². The molecule has 0 aliphatic carbocycles. The van der Waals surface area contributed by atoms with Crippen molar-refractivity contribution in [3.05, 3.63) is 39.9 Å². The first-order chi connectivity index (χ1) is 10.6. The Kier molecular flexibility index (Phi) is 4.76. The maximum absolute atomic E-state index is 12.7. The van der Waals surface area contributed by atoms with Crippen LogP contribution in [0.2, 0.25) is 0 Å². The Balaban J connectivity index is 2.30. The minimum Gasteiger partial charge on any atom is -0.311 e. The van der Waals surface area contributed by atoms with Crippen LogP contribution < -0.4 is 9.62 Å². The zero-order chi connectivity index (χ0) is 17.4. The number of sulfonamides is 1. The highest BCUT2D eigenvalue weighted by atomic mass is 32.2. The molecule has 0 fully saturated rings. The van der Waals surface area contributed by atoms with Crippen molar-refractivity contribution < 1.29 is 13.2 Å². The van der Waals surface area contributed by atoms with E-state index in [1.165, 1.54) is 4.90 Å². The number of amides is 1. The van der Waals surface area contributed by atoms with Gasteiger partial charge in [-0.2, -0.15) is 0 Å². The lowest BCUT2D eigenvalue weighted by atomic mass is 10.1. The van der Waals surface area contributed by atoms with Gasteiger partial charge in [-0.3, -0.25) is 9.52 Å². The summed E-state index contributed by atoms with van der Waals surface area (Å²) in [6, 6.07) is 5.79. The van der Waals surface area contributed by atoms with Crippen LogP contribution in [0, 0.1) is 20.8 Å². The van der Waals surface area contributed by atoms with E-state index in [9.17, 15) is 13.2 Å². The fourth-order valence-corrected chi connectivity index (χ4v) is 3.78. The number of rotatable bonds is 4. The van der Waals surface area contributed by atoms with Crippen molar-refractivity contribution in [3.63, 3.8) is 0 Å². The lowest BCUT2D eigenvalue weighted by Crippen LogP contribution is -2.26. The number of nitrogens with zero attached hydrogens (tertiary/aromatic N) is 2. The molecule has 0 spiro atoms. The Morgan fingerprint density at radius 3 is 2.43 bits per heavy atom. The van der Waals surface area contributed by atoms with E-state index in [4.69, 9.17) is 0 Å². The van der Waals surface area contributed by atoms with Crippen LogP contribution in [0.25, 0.3) is 0 Å². The Morgan fingerprint density at radius 1 is 1.22 bits per heavy atom. The summed E-state index contributed by atoms with van der Waals surface area (Å²) in [5, 5.41) is 0.196. The van der Waals surface area contributed by atoms with Gasteiger partial charge in [0.2, 0.25) is 10.0 Å². The van der Waals surface area contributed by atoms with Gasteiger partial charge in [0, 0.05) is 12.7 Å². The van der Waals surface area contributed by atoms with Gasteiger partial charge in [0.05, 0.1) is 11.9 Å². The molecular weight excluding hydrogens is 334 g/mol. The minimum atomic E-state index is -3.42. The Bertz CT molecular complexity index is 857. The predicted molar refractivity (Wildman–Crippen MR) is 94.0 cm³/mol. The lowest BCUT2D eigenvalue weighted by molar-refractivity contribution is 0.0996. The van der Waals surface area contributed by atoms with E-state index in [1.54, 1.807) is 14.0 Å². The Hall–Kier alpha value is -1.93. The van der Waals surface area contributed by atoms with Gasteiger partial charge in [-0.05, 0) is 44.0 Å². The van der Waals surface area contributed by atoms with Crippen LogP contribution in [0.1, 0.15) is 26.5 Å². The van der Waals surface area contributed by atoms with E-state index in [0.29, 0.717) is 10.6 Å². The van der Waals surface area contributed by atoms with Gasteiger partial charge in [0.15, 0.2) is 5.13 Å². The van der Waals surface area contributed by atoms with E-state index < -0.39 is 10.0 Å². The van der Waals surface area contributed by atoms with Crippen LogP contribution in [-0.2, 0) is 10.0 Å². The molecule has 0 aliphatic heterocycles. The molecule has 1 heterocycles. The summed E-state index contributed by atoms with van der Waals surface area (Å²) in [6.07, 6.45) is 1.05.